The van der Waals surface area contributed by atoms with Gasteiger partial charge in [0, 0.05) is 18.2 Å². The standard InChI is InChI=1S/C26H20Cl2N2O7S2/c1-15(31)29-18-7-9-19(10-8-18)39(34,35)37-24-17(4-3-5-22(24)36-2)13-23-25(32)30(26(33)38-23)14-16-6-11-20(27)21(28)12-16/h3-13H,14H2,1-2H3,(H,29,31)/b23-13-. The number of carbonyl (C=O) groups excluding carboxylic acids is 3. The number of para-hydroxylation sites is 1. The van der Waals surface area contributed by atoms with Crippen molar-refractivity contribution in [2.45, 2.75) is 18.4 Å². The molecule has 0 aliphatic carbocycles. The molecule has 3 aromatic carbocycles. The SMILES string of the molecule is COc1cccc(/C=C2\SC(=O)N(Cc3ccc(Cl)c(Cl)c3)C2=O)c1OS(=O)(=O)c1ccc(NC(C)=O)cc1. The molecule has 1 saturated heterocycles. The van der Waals surface area contributed by atoms with Gasteiger partial charge in [0.15, 0.2) is 11.5 Å². The summed E-state index contributed by atoms with van der Waals surface area (Å²) in [6.45, 7) is 1.31. The second-order valence-electron chi connectivity index (χ2n) is 8.14. The van der Waals surface area contributed by atoms with Gasteiger partial charge in [0.2, 0.25) is 5.91 Å². The van der Waals surface area contributed by atoms with E-state index in [1.54, 1.807) is 24.3 Å². The van der Waals surface area contributed by atoms with Crippen molar-refractivity contribution in [1.29, 1.82) is 0 Å². The molecule has 0 spiro atoms. The minimum atomic E-state index is -4.34. The molecule has 4 rings (SSSR count). The number of amides is 3. The number of thioether (sulfide) groups is 1. The Hall–Kier alpha value is -3.51. The first-order valence-corrected chi connectivity index (χ1v) is 14.1. The summed E-state index contributed by atoms with van der Waals surface area (Å²) in [4.78, 5) is 37.9. The Morgan fingerprint density at radius 1 is 1.05 bits per heavy atom. The molecule has 0 aromatic heterocycles. The lowest BCUT2D eigenvalue weighted by Crippen LogP contribution is -2.27. The largest absolute Gasteiger partial charge is 0.493 e. The monoisotopic (exact) mass is 606 g/mol. The number of imide groups is 1. The number of nitrogens with one attached hydrogen (secondary N) is 1. The zero-order chi connectivity index (χ0) is 28.3. The maximum atomic E-state index is 13.1. The summed E-state index contributed by atoms with van der Waals surface area (Å²) in [6.07, 6.45) is 1.37. The molecule has 1 heterocycles. The Morgan fingerprint density at radius 3 is 2.41 bits per heavy atom. The predicted molar refractivity (Wildman–Crippen MR) is 150 cm³/mol. The van der Waals surface area contributed by atoms with E-state index in [2.05, 4.69) is 5.32 Å². The molecule has 39 heavy (non-hydrogen) atoms. The van der Waals surface area contributed by atoms with E-state index in [9.17, 15) is 22.8 Å². The predicted octanol–water partition coefficient (Wildman–Crippen LogP) is 5.96. The highest BCUT2D eigenvalue weighted by atomic mass is 35.5. The van der Waals surface area contributed by atoms with Crippen LogP contribution in [0.2, 0.25) is 10.0 Å². The fourth-order valence-electron chi connectivity index (χ4n) is 3.56. The van der Waals surface area contributed by atoms with E-state index in [-0.39, 0.29) is 39.3 Å². The van der Waals surface area contributed by atoms with Crippen LogP contribution in [-0.2, 0) is 26.3 Å². The van der Waals surface area contributed by atoms with Crippen molar-refractivity contribution in [2.75, 3.05) is 12.4 Å². The van der Waals surface area contributed by atoms with Crippen molar-refractivity contribution in [1.82, 2.24) is 4.90 Å². The maximum absolute atomic E-state index is 13.1. The Labute approximate surface area is 238 Å². The zero-order valence-corrected chi connectivity index (χ0v) is 23.6. The van der Waals surface area contributed by atoms with Gasteiger partial charge in [0.05, 0.1) is 28.6 Å². The molecule has 3 amide bonds. The molecule has 1 N–H and O–H groups in total. The number of ether oxygens (including phenoxy) is 1. The first-order valence-electron chi connectivity index (χ1n) is 11.2. The number of nitrogens with zero attached hydrogens (tertiary/aromatic N) is 1. The van der Waals surface area contributed by atoms with Crippen molar-refractivity contribution >= 4 is 73.9 Å². The maximum Gasteiger partial charge on any atom is 0.339 e. The van der Waals surface area contributed by atoms with Crippen LogP contribution in [0.3, 0.4) is 0 Å². The number of hydrogen-bond donors (Lipinski definition) is 1. The van der Waals surface area contributed by atoms with Gasteiger partial charge in [0.25, 0.3) is 11.1 Å². The number of benzene rings is 3. The second kappa shape index (κ2) is 11.7. The molecule has 1 fully saturated rings. The smallest absolute Gasteiger partial charge is 0.339 e. The van der Waals surface area contributed by atoms with Crippen LogP contribution in [0.1, 0.15) is 18.1 Å². The number of anilines is 1. The van der Waals surface area contributed by atoms with Crippen LogP contribution < -0.4 is 14.2 Å². The molecule has 0 saturated carbocycles. The molecule has 0 unspecified atom stereocenters. The lowest BCUT2D eigenvalue weighted by molar-refractivity contribution is -0.123. The van der Waals surface area contributed by atoms with Crippen molar-refractivity contribution < 1.29 is 31.7 Å². The van der Waals surface area contributed by atoms with E-state index in [4.69, 9.17) is 32.1 Å². The molecular weight excluding hydrogens is 587 g/mol. The van der Waals surface area contributed by atoms with Gasteiger partial charge in [-0.15, -0.1) is 0 Å². The Bertz CT molecular complexity index is 1610. The Balaban J connectivity index is 1.63. The summed E-state index contributed by atoms with van der Waals surface area (Å²) < 4.78 is 36.9. The van der Waals surface area contributed by atoms with Crippen LogP contribution in [0, 0.1) is 0 Å². The van der Waals surface area contributed by atoms with Gasteiger partial charge < -0.3 is 14.2 Å². The minimum absolute atomic E-state index is 0.0246. The Kier molecular flexibility index (Phi) is 8.55. The third-order valence-electron chi connectivity index (χ3n) is 5.37. The molecule has 3 aromatic rings. The average molecular weight is 607 g/mol. The van der Waals surface area contributed by atoms with Gasteiger partial charge in [-0.2, -0.15) is 8.42 Å². The quantitative estimate of drug-likeness (QED) is 0.246. The molecule has 202 valence electrons. The number of methoxy groups -OCH3 is 1. The van der Waals surface area contributed by atoms with Crippen LogP contribution in [0.15, 0.2) is 70.5 Å². The fraction of sp³-hybridized carbons (Fsp3) is 0.115. The first kappa shape index (κ1) is 28.5. The van der Waals surface area contributed by atoms with Gasteiger partial charge in [-0.05, 0) is 65.9 Å². The molecule has 0 bridgehead atoms. The minimum Gasteiger partial charge on any atom is -0.493 e. The number of carbonyl (C=O) groups is 3. The van der Waals surface area contributed by atoms with Crippen LogP contribution in [0.25, 0.3) is 6.08 Å². The van der Waals surface area contributed by atoms with Gasteiger partial charge >= 0.3 is 10.1 Å². The zero-order valence-electron chi connectivity index (χ0n) is 20.4. The summed E-state index contributed by atoms with van der Waals surface area (Å²) in [5.74, 6) is -0.942. The van der Waals surface area contributed by atoms with Crippen molar-refractivity contribution in [3.63, 3.8) is 0 Å². The van der Waals surface area contributed by atoms with Crippen molar-refractivity contribution in [3.8, 4) is 11.5 Å². The highest BCUT2D eigenvalue weighted by Crippen LogP contribution is 2.39. The van der Waals surface area contributed by atoms with Crippen molar-refractivity contribution in [3.05, 3.63) is 86.7 Å². The van der Waals surface area contributed by atoms with E-state index < -0.39 is 21.3 Å². The van der Waals surface area contributed by atoms with Gasteiger partial charge in [-0.25, -0.2) is 0 Å². The fourth-order valence-corrected chi connectivity index (χ4v) is 5.67. The summed E-state index contributed by atoms with van der Waals surface area (Å²) in [5, 5.41) is 2.69. The molecule has 13 heteroatoms. The number of halogens is 2. The third-order valence-corrected chi connectivity index (χ3v) is 8.25. The third kappa shape index (κ3) is 6.56. The van der Waals surface area contributed by atoms with Crippen molar-refractivity contribution in [2.24, 2.45) is 0 Å². The molecule has 9 nitrogen and oxygen atoms in total. The first-order chi connectivity index (χ1) is 18.5. The molecule has 0 radical (unpaired) electrons. The van der Waals surface area contributed by atoms with Crippen LogP contribution in [0.5, 0.6) is 11.5 Å². The summed E-state index contributed by atoms with van der Waals surface area (Å²) >= 11 is 12.7. The average Bonchev–Trinajstić information content (AvgIpc) is 3.14. The lowest BCUT2D eigenvalue weighted by atomic mass is 10.1. The highest BCUT2D eigenvalue weighted by Gasteiger charge is 2.35. The Morgan fingerprint density at radius 2 is 1.77 bits per heavy atom. The molecular formula is C26H20Cl2N2O7S2. The van der Waals surface area contributed by atoms with E-state index in [1.165, 1.54) is 56.5 Å². The summed E-state index contributed by atoms with van der Waals surface area (Å²) in [5.41, 5.74) is 1.22. The van der Waals surface area contributed by atoms with Crippen LogP contribution in [-0.4, -0.2) is 37.5 Å². The summed E-state index contributed by atoms with van der Waals surface area (Å²) in [6, 6.07) is 14.8. The van der Waals surface area contributed by atoms with E-state index >= 15 is 0 Å². The van der Waals surface area contributed by atoms with Gasteiger partial charge in [0.1, 0.15) is 4.90 Å². The van der Waals surface area contributed by atoms with E-state index in [0.717, 1.165) is 4.90 Å². The molecule has 1 aliphatic rings. The number of hydrogen-bond acceptors (Lipinski definition) is 8. The van der Waals surface area contributed by atoms with E-state index in [1.807, 2.05) is 0 Å². The van der Waals surface area contributed by atoms with E-state index in [0.29, 0.717) is 33.1 Å². The number of rotatable bonds is 8. The van der Waals surface area contributed by atoms with Gasteiger partial charge in [-0.1, -0.05) is 41.4 Å². The highest BCUT2D eigenvalue weighted by molar-refractivity contribution is 8.18. The molecule has 0 atom stereocenters. The molecule has 1 aliphatic heterocycles. The second-order valence-corrected chi connectivity index (χ2v) is 11.5. The van der Waals surface area contributed by atoms with Crippen LogP contribution in [0.4, 0.5) is 10.5 Å². The van der Waals surface area contributed by atoms with Crippen LogP contribution >= 0.6 is 35.0 Å². The topological polar surface area (TPSA) is 119 Å². The lowest BCUT2D eigenvalue weighted by Gasteiger charge is -2.14. The normalized spacial score (nSPS) is 14.6. The summed E-state index contributed by atoms with van der Waals surface area (Å²) in [7, 11) is -3.01. The van der Waals surface area contributed by atoms with Gasteiger partial charge in [-0.3, -0.25) is 19.3 Å².